The molecule has 0 radical (unpaired) electrons. The number of unbranched alkanes of at least 4 members (excludes halogenated alkanes) is 9. The van der Waals surface area contributed by atoms with Crippen LogP contribution >= 0.6 is 0 Å². The zero-order valence-corrected chi connectivity index (χ0v) is 21.3. The number of nitro groups is 1. The third kappa shape index (κ3) is 6.97. The second kappa shape index (κ2) is 12.4. The molecule has 0 saturated heterocycles. The fourth-order valence-corrected chi connectivity index (χ4v) is 4.83. The lowest BCUT2D eigenvalue weighted by atomic mass is 9.85. The van der Waals surface area contributed by atoms with Gasteiger partial charge in [0.15, 0.2) is 0 Å². The number of ether oxygens (including phenoxy) is 2. The molecular formula is C27H40N2O6. The fraction of sp³-hybridized carbons (Fsp3) is 0.667. The summed E-state index contributed by atoms with van der Waals surface area (Å²) < 4.78 is 11.8. The van der Waals surface area contributed by atoms with E-state index in [0.29, 0.717) is 23.7 Å². The highest BCUT2D eigenvalue weighted by Crippen LogP contribution is 2.45. The molecule has 0 spiro atoms. The summed E-state index contributed by atoms with van der Waals surface area (Å²) in [6, 6.07) is 3.52. The number of nitrogens with zero attached hydrogens (tertiary/aromatic N) is 2. The number of hydrogen-bond acceptors (Lipinski definition) is 6. The predicted octanol–water partition coefficient (Wildman–Crippen LogP) is 5.83. The summed E-state index contributed by atoms with van der Waals surface area (Å²) in [6.07, 6.45) is 12.8. The molecule has 194 valence electrons. The molecule has 35 heavy (non-hydrogen) atoms. The Hall–Kier alpha value is -2.61. The first kappa shape index (κ1) is 27.0. The number of carbonyl (C=O) groups excluding carboxylic acids is 1. The van der Waals surface area contributed by atoms with Gasteiger partial charge in [-0.1, -0.05) is 64.7 Å². The Morgan fingerprint density at radius 3 is 2.37 bits per heavy atom. The summed E-state index contributed by atoms with van der Waals surface area (Å²) in [5, 5.41) is 22.4. The van der Waals surface area contributed by atoms with E-state index in [1.165, 1.54) is 80.5 Å². The van der Waals surface area contributed by atoms with Crippen LogP contribution in [0.5, 0.6) is 5.75 Å². The molecule has 1 aromatic carbocycles. The number of non-ortho nitro benzene ring substituents is 1. The molecule has 1 N–H and O–H groups in total. The molecule has 8 nitrogen and oxygen atoms in total. The van der Waals surface area contributed by atoms with Gasteiger partial charge in [-0.15, -0.1) is 0 Å². The number of nitro benzene ring substituents is 1. The molecule has 3 rings (SSSR count). The molecule has 2 heterocycles. The molecule has 0 saturated carbocycles. The van der Waals surface area contributed by atoms with Crippen LogP contribution in [0.1, 0.15) is 96.6 Å². The second-order valence-corrected chi connectivity index (χ2v) is 10.2. The van der Waals surface area contributed by atoms with Gasteiger partial charge < -0.3 is 19.5 Å². The largest absolute Gasteiger partial charge is 0.496 e. The van der Waals surface area contributed by atoms with Gasteiger partial charge in [0, 0.05) is 23.8 Å². The summed E-state index contributed by atoms with van der Waals surface area (Å²) in [5.41, 5.74) is -0.641. The van der Waals surface area contributed by atoms with Crippen LogP contribution in [0.3, 0.4) is 0 Å². The van der Waals surface area contributed by atoms with Crippen molar-refractivity contribution < 1.29 is 24.3 Å². The summed E-state index contributed by atoms with van der Waals surface area (Å²) in [6.45, 7) is 6.49. The van der Waals surface area contributed by atoms with Crippen molar-refractivity contribution in [2.24, 2.45) is 0 Å². The van der Waals surface area contributed by atoms with E-state index in [4.69, 9.17) is 9.47 Å². The lowest BCUT2D eigenvalue weighted by Gasteiger charge is -2.45. The van der Waals surface area contributed by atoms with Crippen molar-refractivity contribution in [2.45, 2.75) is 103 Å². The summed E-state index contributed by atoms with van der Waals surface area (Å²) in [5.74, 6) is 0.722. The average molecular weight is 489 g/mol. The van der Waals surface area contributed by atoms with Gasteiger partial charge in [0.05, 0.1) is 24.1 Å². The van der Waals surface area contributed by atoms with Gasteiger partial charge in [-0.05, 0) is 26.3 Å². The molecule has 8 heteroatoms. The van der Waals surface area contributed by atoms with E-state index in [1.54, 1.807) is 13.8 Å². The summed E-state index contributed by atoms with van der Waals surface area (Å²) >= 11 is 0. The Balaban J connectivity index is 1.50. The van der Waals surface area contributed by atoms with Crippen LogP contribution in [0.25, 0.3) is 0 Å². The van der Waals surface area contributed by atoms with Gasteiger partial charge in [-0.2, -0.15) is 0 Å². The third-order valence-corrected chi connectivity index (χ3v) is 6.92. The maximum atomic E-state index is 12.9. The average Bonchev–Trinajstić information content (AvgIpc) is 3.17. The number of rotatable bonds is 14. The SMILES string of the molecule is CCCCCCCCCCCCOC1=CC(=O)N([C@@H]2c3cc([N+](=O)[O-])ccc3OC(C)(C)[C@H]2O)C1. The number of aliphatic hydroxyl groups is 1. The number of carbonyl (C=O) groups is 1. The zero-order chi connectivity index (χ0) is 25.4. The van der Waals surface area contributed by atoms with Crippen LogP contribution in [0, 0.1) is 10.1 Å². The van der Waals surface area contributed by atoms with E-state index in [1.807, 2.05) is 0 Å². The molecule has 1 amide bonds. The molecule has 0 unspecified atom stereocenters. The molecule has 0 bridgehead atoms. The predicted molar refractivity (Wildman–Crippen MR) is 134 cm³/mol. The van der Waals surface area contributed by atoms with E-state index in [-0.39, 0.29) is 18.1 Å². The molecule has 1 aromatic rings. The van der Waals surface area contributed by atoms with Gasteiger partial charge in [-0.3, -0.25) is 14.9 Å². The quantitative estimate of drug-likeness (QED) is 0.201. The van der Waals surface area contributed by atoms with Gasteiger partial charge >= 0.3 is 0 Å². The first-order valence-electron chi connectivity index (χ1n) is 13.0. The third-order valence-electron chi connectivity index (χ3n) is 6.92. The lowest BCUT2D eigenvalue weighted by molar-refractivity contribution is -0.385. The van der Waals surface area contributed by atoms with Crippen molar-refractivity contribution in [1.29, 1.82) is 0 Å². The summed E-state index contributed by atoms with van der Waals surface area (Å²) in [4.78, 5) is 25.2. The van der Waals surface area contributed by atoms with E-state index in [2.05, 4.69) is 6.92 Å². The minimum atomic E-state index is -1.06. The van der Waals surface area contributed by atoms with Crippen LogP contribution in [0.4, 0.5) is 5.69 Å². The van der Waals surface area contributed by atoms with Crippen molar-refractivity contribution in [1.82, 2.24) is 4.90 Å². The van der Waals surface area contributed by atoms with E-state index >= 15 is 0 Å². The Morgan fingerprint density at radius 1 is 1.11 bits per heavy atom. The normalized spacial score (nSPS) is 20.9. The number of amides is 1. The van der Waals surface area contributed by atoms with Crippen LogP contribution in [-0.2, 0) is 9.53 Å². The standard InChI is InChI=1S/C27H40N2O6/c1-4-5-6-7-8-9-10-11-12-13-16-34-21-18-24(30)28(19-21)25-22-17-20(29(32)33)14-15-23(22)35-27(2,3)26(25)31/h14-15,17-18,25-26,31H,4-13,16,19H2,1-3H3/t25-,26+/m1/s1. The maximum Gasteiger partial charge on any atom is 0.270 e. The molecule has 2 aliphatic rings. The van der Waals surface area contributed by atoms with E-state index in [9.17, 15) is 20.0 Å². The summed E-state index contributed by atoms with van der Waals surface area (Å²) in [7, 11) is 0. The van der Waals surface area contributed by atoms with Gasteiger partial charge in [0.1, 0.15) is 23.2 Å². The molecule has 0 fully saturated rings. The van der Waals surface area contributed by atoms with Gasteiger partial charge in [-0.25, -0.2) is 0 Å². The monoisotopic (exact) mass is 488 g/mol. The highest BCUT2D eigenvalue weighted by molar-refractivity contribution is 5.91. The number of fused-ring (bicyclic) bond motifs is 1. The highest BCUT2D eigenvalue weighted by Gasteiger charge is 2.48. The van der Waals surface area contributed by atoms with Crippen molar-refractivity contribution in [2.75, 3.05) is 13.2 Å². The van der Waals surface area contributed by atoms with Crippen molar-refractivity contribution >= 4 is 11.6 Å². The van der Waals surface area contributed by atoms with Crippen LogP contribution < -0.4 is 4.74 Å². The lowest BCUT2D eigenvalue weighted by Crippen LogP contribution is -2.54. The topological polar surface area (TPSA) is 102 Å². The molecule has 0 aliphatic carbocycles. The highest BCUT2D eigenvalue weighted by atomic mass is 16.6. The first-order valence-corrected chi connectivity index (χ1v) is 13.0. The first-order chi connectivity index (χ1) is 16.7. The fourth-order valence-electron chi connectivity index (χ4n) is 4.83. The number of hydrogen-bond donors (Lipinski definition) is 1. The van der Waals surface area contributed by atoms with Crippen molar-refractivity contribution in [3.63, 3.8) is 0 Å². The van der Waals surface area contributed by atoms with Crippen LogP contribution in [0.15, 0.2) is 30.0 Å². The van der Waals surface area contributed by atoms with E-state index < -0.39 is 22.7 Å². The second-order valence-electron chi connectivity index (χ2n) is 10.2. The molecule has 2 aliphatic heterocycles. The van der Waals surface area contributed by atoms with Gasteiger partial charge in [0.25, 0.3) is 11.6 Å². The maximum absolute atomic E-state index is 12.9. The van der Waals surface area contributed by atoms with Gasteiger partial charge in [0.2, 0.25) is 0 Å². The zero-order valence-electron chi connectivity index (χ0n) is 21.3. The smallest absolute Gasteiger partial charge is 0.270 e. The number of benzene rings is 1. The molecule has 2 atom stereocenters. The van der Waals surface area contributed by atoms with Crippen LogP contribution in [-0.4, -0.2) is 45.7 Å². The van der Waals surface area contributed by atoms with E-state index in [0.717, 1.165) is 12.8 Å². The minimum Gasteiger partial charge on any atom is -0.496 e. The van der Waals surface area contributed by atoms with Crippen molar-refractivity contribution in [3.05, 3.63) is 45.7 Å². The number of aliphatic hydroxyl groups excluding tert-OH is 1. The Labute approximate surface area is 208 Å². The molecule has 0 aromatic heterocycles. The van der Waals surface area contributed by atoms with Crippen LogP contribution in [0.2, 0.25) is 0 Å². The Kier molecular flexibility index (Phi) is 9.55. The Bertz CT molecular complexity index is 913. The Morgan fingerprint density at radius 2 is 1.74 bits per heavy atom. The minimum absolute atomic E-state index is 0.110. The van der Waals surface area contributed by atoms with Crippen molar-refractivity contribution in [3.8, 4) is 5.75 Å². The molecular weight excluding hydrogens is 448 g/mol.